The number of carbonyl (C=O) groups is 1. The number of ether oxygens (including phenoxy) is 1. The summed E-state index contributed by atoms with van der Waals surface area (Å²) in [4.78, 5) is 18.9. The van der Waals surface area contributed by atoms with Gasteiger partial charge in [0.05, 0.1) is 19.3 Å². The molecule has 7 heteroatoms. The van der Waals surface area contributed by atoms with Crippen LogP contribution in [0.25, 0.3) is 0 Å². The lowest BCUT2D eigenvalue weighted by Gasteiger charge is -2.19. The van der Waals surface area contributed by atoms with Crippen LogP contribution in [0, 0.1) is 0 Å². The fourth-order valence-electron chi connectivity index (χ4n) is 1.73. The molecule has 2 aromatic heterocycles. The van der Waals surface area contributed by atoms with E-state index in [4.69, 9.17) is 5.73 Å². The second-order valence-corrected chi connectivity index (χ2v) is 6.10. The van der Waals surface area contributed by atoms with E-state index in [2.05, 4.69) is 25.7 Å². The Balaban J connectivity index is 2.24. The first-order valence-corrected chi connectivity index (χ1v) is 7.47. The zero-order chi connectivity index (χ0) is 14.7. The van der Waals surface area contributed by atoms with Gasteiger partial charge in [0, 0.05) is 21.8 Å². The molecule has 0 spiro atoms. The van der Waals surface area contributed by atoms with Gasteiger partial charge in [-0.1, -0.05) is 0 Å². The maximum absolute atomic E-state index is 11.5. The van der Waals surface area contributed by atoms with Crippen LogP contribution in [0.4, 0.5) is 11.5 Å². The van der Waals surface area contributed by atoms with Gasteiger partial charge in [0.2, 0.25) is 0 Å². The smallest absolute Gasteiger partial charge is 0.356 e. The molecule has 20 heavy (non-hydrogen) atoms. The number of hydrogen-bond donors (Lipinski definition) is 1. The van der Waals surface area contributed by atoms with Crippen molar-refractivity contribution in [1.29, 1.82) is 0 Å². The zero-order valence-electron chi connectivity index (χ0n) is 11.1. The molecular formula is C13H14BrN3O2S. The number of rotatable bonds is 4. The number of aromatic nitrogens is 1. The maximum atomic E-state index is 11.5. The molecule has 0 bridgehead atoms. The lowest BCUT2D eigenvalue weighted by atomic mass is 10.3. The molecule has 0 aliphatic carbocycles. The lowest BCUT2D eigenvalue weighted by molar-refractivity contribution is 0.0594. The normalized spacial score (nSPS) is 10.3. The number of nitrogens with two attached hydrogens (primary N) is 1. The first-order valence-electron chi connectivity index (χ1n) is 5.80. The van der Waals surface area contributed by atoms with E-state index in [1.54, 1.807) is 23.5 Å². The molecule has 0 unspecified atom stereocenters. The number of methoxy groups -OCH3 is 1. The molecule has 0 saturated heterocycles. The van der Waals surface area contributed by atoms with E-state index in [0.717, 1.165) is 4.47 Å². The molecule has 2 aromatic rings. The highest BCUT2D eigenvalue weighted by molar-refractivity contribution is 9.10. The van der Waals surface area contributed by atoms with Crippen LogP contribution < -0.4 is 10.6 Å². The van der Waals surface area contributed by atoms with Crippen molar-refractivity contribution in [2.75, 3.05) is 24.8 Å². The van der Waals surface area contributed by atoms with Crippen LogP contribution in [0.5, 0.6) is 0 Å². The highest BCUT2D eigenvalue weighted by atomic mass is 79.9. The molecule has 0 saturated carbocycles. The Kier molecular flexibility index (Phi) is 4.61. The Morgan fingerprint density at radius 3 is 2.90 bits per heavy atom. The van der Waals surface area contributed by atoms with Crippen molar-refractivity contribution >= 4 is 44.7 Å². The number of carbonyl (C=O) groups excluding carboxylic acids is 1. The summed E-state index contributed by atoms with van der Waals surface area (Å²) in [6, 6.07) is 5.26. The van der Waals surface area contributed by atoms with Gasteiger partial charge in [0.1, 0.15) is 0 Å². The predicted molar refractivity (Wildman–Crippen MR) is 84.1 cm³/mol. The predicted octanol–water partition coefficient (Wildman–Crippen LogP) is 2.91. The SMILES string of the molecule is COC(=O)c1ccc(N)c(N(C)Cc2cc(Br)cs2)n1. The zero-order valence-corrected chi connectivity index (χ0v) is 13.5. The molecule has 2 N–H and O–H groups in total. The van der Waals surface area contributed by atoms with Crippen LogP contribution in [0.3, 0.4) is 0 Å². The van der Waals surface area contributed by atoms with E-state index in [1.165, 1.54) is 12.0 Å². The van der Waals surface area contributed by atoms with Gasteiger partial charge in [0.15, 0.2) is 11.5 Å². The lowest BCUT2D eigenvalue weighted by Crippen LogP contribution is -2.20. The van der Waals surface area contributed by atoms with Gasteiger partial charge in [-0.05, 0) is 34.1 Å². The minimum absolute atomic E-state index is 0.246. The van der Waals surface area contributed by atoms with Gasteiger partial charge in [0.25, 0.3) is 0 Å². The molecule has 0 aliphatic heterocycles. The molecule has 0 aromatic carbocycles. The Labute approximate surface area is 129 Å². The summed E-state index contributed by atoms with van der Waals surface area (Å²) in [5.74, 6) is 0.0935. The van der Waals surface area contributed by atoms with Crippen molar-refractivity contribution in [2.24, 2.45) is 0 Å². The van der Waals surface area contributed by atoms with Crippen molar-refractivity contribution in [1.82, 2.24) is 4.98 Å². The van der Waals surface area contributed by atoms with Crippen LogP contribution in [-0.2, 0) is 11.3 Å². The molecule has 0 fully saturated rings. The van der Waals surface area contributed by atoms with Gasteiger partial charge >= 0.3 is 5.97 Å². The van der Waals surface area contributed by atoms with Crippen molar-refractivity contribution in [3.05, 3.63) is 38.6 Å². The molecule has 0 radical (unpaired) electrons. The van der Waals surface area contributed by atoms with Crippen molar-refractivity contribution in [2.45, 2.75) is 6.54 Å². The number of anilines is 2. The quantitative estimate of drug-likeness (QED) is 0.854. The molecule has 2 rings (SSSR count). The number of esters is 1. The number of hydrogen-bond acceptors (Lipinski definition) is 6. The monoisotopic (exact) mass is 355 g/mol. The fraction of sp³-hybridized carbons (Fsp3) is 0.231. The van der Waals surface area contributed by atoms with Crippen molar-refractivity contribution < 1.29 is 9.53 Å². The topological polar surface area (TPSA) is 68.5 Å². The summed E-state index contributed by atoms with van der Waals surface area (Å²) in [6.07, 6.45) is 0. The van der Waals surface area contributed by atoms with Crippen LogP contribution in [-0.4, -0.2) is 25.1 Å². The average molecular weight is 356 g/mol. The van der Waals surface area contributed by atoms with Gasteiger partial charge in [-0.25, -0.2) is 9.78 Å². The molecule has 5 nitrogen and oxygen atoms in total. The third kappa shape index (κ3) is 3.29. The van der Waals surface area contributed by atoms with E-state index in [1.807, 2.05) is 23.4 Å². The summed E-state index contributed by atoms with van der Waals surface area (Å²) in [5.41, 5.74) is 6.70. The van der Waals surface area contributed by atoms with Crippen LogP contribution >= 0.6 is 27.3 Å². The van der Waals surface area contributed by atoms with E-state index in [-0.39, 0.29) is 5.69 Å². The van der Waals surface area contributed by atoms with Gasteiger partial charge < -0.3 is 15.4 Å². The van der Waals surface area contributed by atoms with E-state index in [9.17, 15) is 4.79 Å². The Hall–Kier alpha value is -1.60. The van der Waals surface area contributed by atoms with E-state index >= 15 is 0 Å². The van der Waals surface area contributed by atoms with Gasteiger partial charge in [-0.3, -0.25) is 0 Å². The minimum atomic E-state index is -0.474. The molecule has 106 valence electrons. The largest absolute Gasteiger partial charge is 0.464 e. The first kappa shape index (κ1) is 14.8. The maximum Gasteiger partial charge on any atom is 0.356 e. The van der Waals surface area contributed by atoms with Crippen molar-refractivity contribution in [3.63, 3.8) is 0 Å². The molecule has 0 aliphatic rings. The number of nitrogens with zero attached hydrogens (tertiary/aromatic N) is 2. The number of pyridine rings is 1. The Morgan fingerprint density at radius 2 is 2.30 bits per heavy atom. The summed E-state index contributed by atoms with van der Waals surface area (Å²) < 4.78 is 5.72. The highest BCUT2D eigenvalue weighted by Crippen LogP contribution is 2.25. The first-order chi connectivity index (χ1) is 9.51. The van der Waals surface area contributed by atoms with Gasteiger partial charge in [-0.15, -0.1) is 11.3 Å². The standard InChI is InChI=1S/C13H14BrN3O2S/c1-17(6-9-5-8(14)7-20-9)12-10(15)3-4-11(16-12)13(18)19-2/h3-5,7H,6,15H2,1-2H3. The van der Waals surface area contributed by atoms with Gasteiger partial charge in [-0.2, -0.15) is 0 Å². The van der Waals surface area contributed by atoms with E-state index in [0.29, 0.717) is 18.1 Å². The number of thiophene rings is 1. The van der Waals surface area contributed by atoms with Crippen molar-refractivity contribution in [3.8, 4) is 0 Å². The average Bonchev–Trinajstić information content (AvgIpc) is 2.83. The second-order valence-electron chi connectivity index (χ2n) is 4.19. The third-order valence-corrected chi connectivity index (χ3v) is 4.36. The van der Waals surface area contributed by atoms with E-state index < -0.39 is 5.97 Å². The summed E-state index contributed by atoms with van der Waals surface area (Å²) in [6.45, 7) is 0.665. The van der Waals surface area contributed by atoms with Crippen LogP contribution in [0.2, 0.25) is 0 Å². The number of halogens is 1. The minimum Gasteiger partial charge on any atom is -0.464 e. The van der Waals surface area contributed by atoms with Crippen LogP contribution in [0.1, 0.15) is 15.4 Å². The van der Waals surface area contributed by atoms with Crippen LogP contribution in [0.15, 0.2) is 28.1 Å². The summed E-state index contributed by atoms with van der Waals surface area (Å²) in [5, 5.41) is 2.02. The number of nitrogen functional groups attached to an aromatic ring is 1. The third-order valence-electron chi connectivity index (χ3n) is 2.68. The molecule has 0 atom stereocenters. The molecular weight excluding hydrogens is 342 g/mol. The Morgan fingerprint density at radius 1 is 1.55 bits per heavy atom. The molecule has 0 amide bonds. The summed E-state index contributed by atoms with van der Waals surface area (Å²) in [7, 11) is 3.21. The molecule has 2 heterocycles. The highest BCUT2D eigenvalue weighted by Gasteiger charge is 2.14. The fourth-order valence-corrected chi connectivity index (χ4v) is 3.23. The summed E-state index contributed by atoms with van der Waals surface area (Å²) >= 11 is 5.07. The Bertz CT molecular complexity index is 630. The second kappa shape index (κ2) is 6.23.